The molecule has 0 spiro atoms. The number of sulfonamides is 1. The molecule has 3 rings (SSSR count). The van der Waals surface area contributed by atoms with Gasteiger partial charge in [0.05, 0.1) is 19.8 Å². The zero-order chi connectivity index (χ0) is 17.7. The lowest BCUT2D eigenvalue weighted by Crippen LogP contribution is -2.40. The molecular weight excluding hydrogens is 380 g/mol. The van der Waals surface area contributed by atoms with E-state index in [1.54, 1.807) is 29.5 Å². The Balaban J connectivity index is 1.57. The number of thiophene rings is 2. The van der Waals surface area contributed by atoms with Crippen LogP contribution in [0.5, 0.6) is 0 Å². The van der Waals surface area contributed by atoms with Crippen molar-refractivity contribution < 1.29 is 17.9 Å². The van der Waals surface area contributed by atoms with Crippen molar-refractivity contribution in [2.24, 2.45) is 0 Å². The van der Waals surface area contributed by atoms with Gasteiger partial charge in [-0.1, -0.05) is 6.07 Å². The molecular formula is C16H18N2O4S3. The van der Waals surface area contributed by atoms with Gasteiger partial charge in [-0.2, -0.15) is 4.31 Å². The van der Waals surface area contributed by atoms with Crippen LogP contribution in [0.4, 0.5) is 0 Å². The van der Waals surface area contributed by atoms with Crippen LogP contribution in [-0.4, -0.2) is 44.9 Å². The molecule has 2 aromatic heterocycles. The van der Waals surface area contributed by atoms with Crippen molar-refractivity contribution in [2.75, 3.05) is 26.3 Å². The number of ether oxygens (including phenoxy) is 1. The molecule has 1 aliphatic rings. The Bertz CT molecular complexity index is 835. The number of nitrogens with zero attached hydrogens (tertiary/aromatic N) is 1. The molecule has 0 bridgehead atoms. The van der Waals surface area contributed by atoms with Gasteiger partial charge in [-0.05, 0) is 29.7 Å². The number of morpholine rings is 1. The van der Waals surface area contributed by atoms with E-state index in [9.17, 15) is 13.2 Å². The molecule has 2 aromatic rings. The van der Waals surface area contributed by atoms with E-state index in [0.29, 0.717) is 37.1 Å². The smallest absolute Gasteiger partial charge is 0.252 e. The van der Waals surface area contributed by atoms with Gasteiger partial charge < -0.3 is 10.1 Å². The maximum absolute atomic E-state index is 12.6. The van der Waals surface area contributed by atoms with E-state index in [1.807, 2.05) is 17.5 Å². The summed E-state index contributed by atoms with van der Waals surface area (Å²) in [5.74, 6) is -0.209. The first-order chi connectivity index (χ1) is 12.1. The van der Waals surface area contributed by atoms with Crippen LogP contribution in [0.3, 0.4) is 0 Å². The maximum Gasteiger partial charge on any atom is 0.252 e. The molecule has 6 nitrogen and oxygen atoms in total. The van der Waals surface area contributed by atoms with E-state index in [0.717, 1.165) is 9.75 Å². The summed E-state index contributed by atoms with van der Waals surface area (Å²) in [6.45, 7) is 1.89. The van der Waals surface area contributed by atoms with Gasteiger partial charge >= 0.3 is 0 Å². The summed E-state index contributed by atoms with van der Waals surface area (Å²) in [5, 5.41) is 4.71. The molecule has 3 heterocycles. The number of hydrogen-bond donors (Lipinski definition) is 1. The zero-order valence-electron chi connectivity index (χ0n) is 13.4. The van der Waals surface area contributed by atoms with Gasteiger partial charge in [-0.3, -0.25) is 4.79 Å². The lowest BCUT2D eigenvalue weighted by atomic mass is 10.4. The van der Waals surface area contributed by atoms with Crippen molar-refractivity contribution >= 4 is 44.7 Å². The van der Waals surface area contributed by atoms with Crippen LogP contribution in [0.1, 0.15) is 9.75 Å². The van der Waals surface area contributed by atoms with Gasteiger partial charge in [0.1, 0.15) is 4.21 Å². The number of amides is 1. The Morgan fingerprint density at radius 3 is 2.80 bits per heavy atom. The van der Waals surface area contributed by atoms with Gasteiger partial charge in [0.25, 0.3) is 10.0 Å². The molecule has 0 aromatic carbocycles. The van der Waals surface area contributed by atoms with Crippen molar-refractivity contribution in [2.45, 2.75) is 10.8 Å². The highest BCUT2D eigenvalue weighted by Gasteiger charge is 2.27. The fraction of sp³-hybridized carbons (Fsp3) is 0.312. The Morgan fingerprint density at radius 1 is 1.28 bits per heavy atom. The summed E-state index contributed by atoms with van der Waals surface area (Å²) < 4.78 is 32.0. The van der Waals surface area contributed by atoms with Crippen molar-refractivity contribution in [3.63, 3.8) is 0 Å². The van der Waals surface area contributed by atoms with Crippen LogP contribution in [0.25, 0.3) is 6.08 Å². The third kappa shape index (κ3) is 4.77. The molecule has 1 aliphatic heterocycles. The predicted octanol–water partition coefficient (Wildman–Crippen LogP) is 2.16. The highest BCUT2D eigenvalue weighted by Crippen LogP contribution is 2.25. The molecule has 1 N–H and O–H groups in total. The molecule has 134 valence electrons. The van der Waals surface area contributed by atoms with Crippen molar-refractivity contribution in [3.05, 3.63) is 45.5 Å². The summed E-state index contributed by atoms with van der Waals surface area (Å²) in [7, 11) is -3.47. The Morgan fingerprint density at radius 2 is 2.08 bits per heavy atom. The van der Waals surface area contributed by atoms with E-state index in [-0.39, 0.29) is 5.91 Å². The highest BCUT2D eigenvalue weighted by molar-refractivity contribution is 7.91. The minimum atomic E-state index is -3.47. The molecule has 0 aliphatic carbocycles. The predicted molar refractivity (Wildman–Crippen MR) is 99.1 cm³/mol. The fourth-order valence-corrected chi connectivity index (χ4v) is 5.76. The average molecular weight is 399 g/mol. The van der Waals surface area contributed by atoms with Crippen molar-refractivity contribution in [3.8, 4) is 0 Å². The Kier molecular flexibility index (Phi) is 6.02. The molecule has 1 saturated heterocycles. The summed E-state index contributed by atoms with van der Waals surface area (Å²) in [5.41, 5.74) is 0. The van der Waals surface area contributed by atoms with Gasteiger partial charge in [0.15, 0.2) is 0 Å². The standard InChI is InChI=1S/C16H18N2O4S3/c19-15(5-3-13-2-1-11-23-13)17-12-14-4-6-16(24-14)25(20,21)18-7-9-22-10-8-18/h1-6,11H,7-10,12H2,(H,17,19)/b5-3+. The Labute approximate surface area is 154 Å². The van der Waals surface area contributed by atoms with E-state index >= 15 is 0 Å². The first kappa shape index (κ1) is 18.3. The second-order valence-corrected chi connectivity index (χ2v) is 9.62. The zero-order valence-corrected chi connectivity index (χ0v) is 15.8. The molecule has 0 radical (unpaired) electrons. The first-order valence-corrected chi connectivity index (χ1v) is 10.9. The fourth-order valence-electron chi connectivity index (χ4n) is 2.28. The van der Waals surface area contributed by atoms with E-state index in [2.05, 4.69) is 5.32 Å². The van der Waals surface area contributed by atoms with Gasteiger partial charge in [0.2, 0.25) is 5.91 Å². The topological polar surface area (TPSA) is 75.7 Å². The lowest BCUT2D eigenvalue weighted by molar-refractivity contribution is -0.116. The van der Waals surface area contributed by atoms with Gasteiger partial charge in [-0.25, -0.2) is 8.42 Å². The number of nitrogens with one attached hydrogen (secondary N) is 1. The molecule has 1 amide bonds. The SMILES string of the molecule is O=C(/C=C/c1cccs1)NCc1ccc(S(=O)(=O)N2CCOCC2)s1. The van der Waals surface area contributed by atoms with E-state index in [1.165, 1.54) is 21.7 Å². The molecule has 25 heavy (non-hydrogen) atoms. The summed E-state index contributed by atoms with van der Waals surface area (Å²) in [6, 6.07) is 7.18. The molecule has 1 fully saturated rings. The Hall–Kier alpha value is -1.52. The van der Waals surface area contributed by atoms with Crippen LogP contribution in [0.15, 0.2) is 39.9 Å². The highest BCUT2D eigenvalue weighted by atomic mass is 32.2. The normalized spacial score (nSPS) is 16.3. The number of rotatable bonds is 6. The lowest BCUT2D eigenvalue weighted by Gasteiger charge is -2.25. The van der Waals surface area contributed by atoms with Crippen LogP contribution < -0.4 is 5.32 Å². The monoisotopic (exact) mass is 398 g/mol. The third-order valence-corrected chi connectivity index (χ3v) is 7.87. The summed E-state index contributed by atoms with van der Waals surface area (Å²) >= 11 is 2.74. The van der Waals surface area contributed by atoms with Crippen LogP contribution in [0, 0.1) is 0 Å². The minimum absolute atomic E-state index is 0.209. The number of carbonyl (C=O) groups is 1. The van der Waals surface area contributed by atoms with Crippen LogP contribution >= 0.6 is 22.7 Å². The van der Waals surface area contributed by atoms with Crippen LogP contribution in [-0.2, 0) is 26.1 Å². The molecule has 0 atom stereocenters. The quantitative estimate of drug-likeness (QED) is 0.757. The molecule has 0 unspecified atom stereocenters. The summed E-state index contributed by atoms with van der Waals surface area (Å²) in [4.78, 5) is 13.6. The maximum atomic E-state index is 12.6. The van der Waals surface area contributed by atoms with Gasteiger partial charge in [-0.15, -0.1) is 22.7 Å². The second-order valence-electron chi connectivity index (χ2n) is 5.30. The molecule has 0 saturated carbocycles. The molecule has 9 heteroatoms. The van der Waals surface area contributed by atoms with E-state index < -0.39 is 10.0 Å². The second kappa shape index (κ2) is 8.24. The third-order valence-electron chi connectivity index (χ3n) is 3.58. The van der Waals surface area contributed by atoms with E-state index in [4.69, 9.17) is 4.74 Å². The van der Waals surface area contributed by atoms with Crippen molar-refractivity contribution in [1.29, 1.82) is 0 Å². The first-order valence-electron chi connectivity index (χ1n) is 7.72. The minimum Gasteiger partial charge on any atom is -0.379 e. The van der Waals surface area contributed by atoms with Crippen LogP contribution in [0.2, 0.25) is 0 Å². The number of hydrogen-bond acceptors (Lipinski definition) is 6. The summed E-state index contributed by atoms with van der Waals surface area (Å²) in [6.07, 6.45) is 3.23. The number of carbonyl (C=O) groups excluding carboxylic acids is 1. The average Bonchev–Trinajstić information content (AvgIpc) is 3.31. The van der Waals surface area contributed by atoms with Gasteiger partial charge in [0, 0.05) is 28.9 Å². The largest absolute Gasteiger partial charge is 0.379 e. The van der Waals surface area contributed by atoms with Crippen molar-refractivity contribution in [1.82, 2.24) is 9.62 Å².